The van der Waals surface area contributed by atoms with Gasteiger partial charge in [0.1, 0.15) is 5.78 Å². The first kappa shape index (κ1) is 17.2. The summed E-state index contributed by atoms with van der Waals surface area (Å²) in [5.41, 5.74) is 1.60. The highest BCUT2D eigenvalue weighted by molar-refractivity contribution is 7.52. The standard InChI is InChI=1S/C16H19ClNO3P/c1-12(13-6-3-2-4-7-13)11-18-16(22(19,20)21)14-8-5-9-15(17)10-14/h2-10,12,16,18H,11H2,1H3,(H2,19,20,21)/t12-,16-/m0/s1. The van der Waals surface area contributed by atoms with E-state index in [1.165, 1.54) is 0 Å². The Morgan fingerprint density at radius 1 is 1.09 bits per heavy atom. The molecule has 2 aromatic carbocycles. The van der Waals surface area contributed by atoms with Gasteiger partial charge in [-0.15, -0.1) is 0 Å². The van der Waals surface area contributed by atoms with Gasteiger partial charge in [0.2, 0.25) is 0 Å². The number of rotatable bonds is 6. The van der Waals surface area contributed by atoms with Gasteiger partial charge in [0.15, 0.2) is 0 Å². The van der Waals surface area contributed by atoms with Crippen molar-refractivity contribution in [3.8, 4) is 0 Å². The Morgan fingerprint density at radius 2 is 1.73 bits per heavy atom. The van der Waals surface area contributed by atoms with Gasteiger partial charge >= 0.3 is 7.60 Å². The van der Waals surface area contributed by atoms with E-state index in [1.54, 1.807) is 24.3 Å². The number of hydrogen-bond donors (Lipinski definition) is 3. The maximum atomic E-state index is 11.8. The lowest BCUT2D eigenvalue weighted by molar-refractivity contribution is 0.346. The summed E-state index contributed by atoms with van der Waals surface area (Å²) in [5.74, 6) is -0.924. The van der Waals surface area contributed by atoms with E-state index in [-0.39, 0.29) is 5.92 Å². The maximum absolute atomic E-state index is 11.8. The van der Waals surface area contributed by atoms with Crippen molar-refractivity contribution in [3.05, 3.63) is 70.7 Å². The molecule has 0 aliphatic carbocycles. The van der Waals surface area contributed by atoms with Gasteiger partial charge < -0.3 is 9.79 Å². The summed E-state index contributed by atoms with van der Waals surface area (Å²) in [4.78, 5) is 19.2. The highest BCUT2D eigenvalue weighted by atomic mass is 35.5. The molecule has 6 heteroatoms. The average Bonchev–Trinajstić information content (AvgIpc) is 2.47. The van der Waals surface area contributed by atoms with E-state index in [0.717, 1.165) is 5.56 Å². The molecule has 0 radical (unpaired) electrons. The summed E-state index contributed by atoms with van der Waals surface area (Å²) in [7, 11) is -4.34. The number of benzene rings is 2. The number of halogens is 1. The topological polar surface area (TPSA) is 69.6 Å². The Bertz CT molecular complexity index is 659. The Labute approximate surface area is 135 Å². The summed E-state index contributed by atoms with van der Waals surface area (Å²) >= 11 is 5.92. The van der Waals surface area contributed by atoms with E-state index in [9.17, 15) is 14.4 Å². The molecule has 0 unspecified atom stereocenters. The fourth-order valence-electron chi connectivity index (χ4n) is 2.30. The molecule has 118 valence electrons. The van der Waals surface area contributed by atoms with Crippen LogP contribution in [0.15, 0.2) is 54.6 Å². The molecule has 0 amide bonds. The summed E-state index contributed by atoms with van der Waals surface area (Å²) in [6, 6.07) is 16.4. The second-order valence-corrected chi connectivity index (χ2v) is 7.40. The van der Waals surface area contributed by atoms with Gasteiger partial charge in [-0.05, 0) is 29.2 Å². The quantitative estimate of drug-likeness (QED) is 0.698. The molecule has 2 atom stereocenters. The molecule has 0 saturated carbocycles. The molecule has 0 aliphatic heterocycles. The molecule has 0 aliphatic rings. The Hall–Kier alpha value is -1.16. The largest absolute Gasteiger partial charge is 0.346 e. The van der Waals surface area contributed by atoms with Crippen molar-refractivity contribution in [3.63, 3.8) is 0 Å². The van der Waals surface area contributed by atoms with Crippen molar-refractivity contribution >= 4 is 19.2 Å². The Kier molecular flexibility index (Phi) is 5.79. The molecule has 0 fully saturated rings. The van der Waals surface area contributed by atoms with Gasteiger partial charge in [0, 0.05) is 11.6 Å². The molecule has 0 bridgehead atoms. The molecule has 2 rings (SSSR count). The van der Waals surface area contributed by atoms with E-state index in [4.69, 9.17) is 11.6 Å². The van der Waals surface area contributed by atoms with Crippen LogP contribution in [-0.4, -0.2) is 16.3 Å². The summed E-state index contributed by atoms with van der Waals surface area (Å²) < 4.78 is 11.8. The van der Waals surface area contributed by atoms with Gasteiger partial charge in [-0.25, -0.2) is 0 Å². The van der Waals surface area contributed by atoms with Gasteiger partial charge in [-0.1, -0.05) is 61.0 Å². The zero-order chi connectivity index (χ0) is 16.2. The van der Waals surface area contributed by atoms with E-state index in [2.05, 4.69) is 5.32 Å². The van der Waals surface area contributed by atoms with Crippen LogP contribution in [0.5, 0.6) is 0 Å². The second kappa shape index (κ2) is 7.40. The molecule has 4 nitrogen and oxygen atoms in total. The maximum Gasteiger partial charge on any atom is 0.346 e. The predicted octanol–water partition coefficient (Wildman–Crippen LogP) is 3.91. The van der Waals surface area contributed by atoms with Crippen molar-refractivity contribution in [1.29, 1.82) is 0 Å². The van der Waals surface area contributed by atoms with Gasteiger partial charge in [-0.2, -0.15) is 0 Å². The number of hydrogen-bond acceptors (Lipinski definition) is 2. The van der Waals surface area contributed by atoms with Gasteiger partial charge in [0.25, 0.3) is 0 Å². The molecule has 0 heterocycles. The third-order valence-corrected chi connectivity index (χ3v) is 4.88. The summed E-state index contributed by atoms with van der Waals surface area (Å²) in [6.07, 6.45) is 0. The van der Waals surface area contributed by atoms with Crippen molar-refractivity contribution in [2.75, 3.05) is 6.54 Å². The van der Waals surface area contributed by atoms with Gasteiger partial charge in [0.05, 0.1) is 0 Å². The third-order valence-electron chi connectivity index (χ3n) is 3.49. The van der Waals surface area contributed by atoms with Crippen molar-refractivity contribution < 1.29 is 14.4 Å². The predicted molar refractivity (Wildman–Crippen MR) is 89.1 cm³/mol. The molecular formula is C16H19ClNO3P. The summed E-state index contributed by atoms with van der Waals surface area (Å²) in [5, 5.41) is 3.43. The minimum absolute atomic E-state index is 0.134. The van der Waals surface area contributed by atoms with Crippen molar-refractivity contribution in [1.82, 2.24) is 5.32 Å². The molecule has 0 spiro atoms. The zero-order valence-electron chi connectivity index (χ0n) is 12.2. The van der Waals surface area contributed by atoms with E-state index < -0.39 is 13.4 Å². The third kappa shape index (κ3) is 4.67. The highest BCUT2D eigenvalue weighted by Gasteiger charge is 2.30. The Morgan fingerprint density at radius 3 is 2.32 bits per heavy atom. The lowest BCUT2D eigenvalue weighted by atomic mass is 10.0. The van der Waals surface area contributed by atoms with E-state index in [1.807, 2.05) is 37.3 Å². The van der Waals surface area contributed by atoms with Crippen LogP contribution in [0.2, 0.25) is 5.02 Å². The lowest BCUT2D eigenvalue weighted by Crippen LogP contribution is -2.25. The molecule has 3 N–H and O–H groups in total. The van der Waals surface area contributed by atoms with Crippen molar-refractivity contribution in [2.45, 2.75) is 18.6 Å². The molecule has 0 aromatic heterocycles. The van der Waals surface area contributed by atoms with E-state index in [0.29, 0.717) is 17.1 Å². The zero-order valence-corrected chi connectivity index (χ0v) is 13.8. The second-order valence-electron chi connectivity index (χ2n) is 5.27. The number of nitrogens with one attached hydrogen (secondary N) is 1. The van der Waals surface area contributed by atoms with Crippen LogP contribution in [0, 0.1) is 0 Å². The van der Waals surface area contributed by atoms with Crippen LogP contribution in [0.25, 0.3) is 0 Å². The van der Waals surface area contributed by atoms with E-state index >= 15 is 0 Å². The Balaban J connectivity index is 2.13. The normalized spacial score (nSPS) is 14.5. The first-order valence-corrected chi connectivity index (χ1v) is 9.03. The highest BCUT2D eigenvalue weighted by Crippen LogP contribution is 2.50. The fourth-order valence-corrected chi connectivity index (χ4v) is 3.39. The first-order chi connectivity index (χ1) is 10.4. The SMILES string of the molecule is C[C@@H](CN[C@H](c1cccc(Cl)c1)P(=O)(O)O)c1ccccc1. The van der Waals surface area contributed by atoms with Crippen LogP contribution < -0.4 is 5.32 Å². The van der Waals surface area contributed by atoms with Crippen LogP contribution in [0.4, 0.5) is 0 Å². The minimum Gasteiger partial charge on any atom is -0.323 e. The fraction of sp³-hybridized carbons (Fsp3) is 0.250. The summed E-state index contributed by atoms with van der Waals surface area (Å²) in [6.45, 7) is 2.46. The van der Waals surface area contributed by atoms with Gasteiger partial charge in [-0.3, -0.25) is 9.88 Å². The van der Waals surface area contributed by atoms with Crippen molar-refractivity contribution in [2.24, 2.45) is 0 Å². The van der Waals surface area contributed by atoms with Crippen LogP contribution in [-0.2, 0) is 4.57 Å². The molecule has 0 saturated heterocycles. The first-order valence-electron chi connectivity index (χ1n) is 6.97. The lowest BCUT2D eigenvalue weighted by Gasteiger charge is -2.23. The van der Waals surface area contributed by atoms with Crippen LogP contribution in [0.3, 0.4) is 0 Å². The smallest absolute Gasteiger partial charge is 0.323 e. The van der Waals surface area contributed by atoms with Crippen LogP contribution >= 0.6 is 19.2 Å². The monoisotopic (exact) mass is 339 g/mol. The van der Waals surface area contributed by atoms with Crippen LogP contribution in [0.1, 0.15) is 29.8 Å². The molecule has 2 aromatic rings. The average molecular weight is 340 g/mol. The molecule has 22 heavy (non-hydrogen) atoms. The minimum atomic E-state index is -4.34. The molecular weight excluding hydrogens is 321 g/mol.